The van der Waals surface area contributed by atoms with Gasteiger partial charge in [0.05, 0.1) is 7.11 Å². The molecule has 0 saturated heterocycles. The van der Waals surface area contributed by atoms with Crippen LogP contribution in [0.1, 0.15) is 5.56 Å². The Morgan fingerprint density at radius 2 is 2.42 bits per heavy atom. The fourth-order valence-corrected chi connectivity index (χ4v) is 0.979. The Balaban J connectivity index is 2.71. The van der Waals surface area contributed by atoms with Crippen LogP contribution in [0.25, 0.3) is 6.08 Å². The molecule has 0 N–H and O–H groups in total. The smallest absolute Gasteiger partial charge is 0.212 e. The van der Waals surface area contributed by atoms with Gasteiger partial charge < -0.3 is 4.74 Å². The molecule has 12 heavy (non-hydrogen) atoms. The highest BCUT2D eigenvalue weighted by molar-refractivity contribution is 9.09. The minimum absolute atomic E-state index is 0.644. The summed E-state index contributed by atoms with van der Waals surface area (Å²) in [4.78, 5) is 4.06. The Kier molecular flexibility index (Phi) is 3.80. The molecule has 0 spiro atoms. The molecule has 0 radical (unpaired) electrons. The second kappa shape index (κ2) is 4.93. The highest BCUT2D eigenvalue weighted by atomic mass is 79.9. The summed E-state index contributed by atoms with van der Waals surface area (Å²) in [6, 6.07) is 3.80. The molecule has 2 nitrogen and oxygen atoms in total. The van der Waals surface area contributed by atoms with E-state index in [1.54, 1.807) is 13.3 Å². The largest absolute Gasteiger partial charge is 0.481 e. The lowest BCUT2D eigenvalue weighted by atomic mass is 10.3. The molecule has 0 atom stereocenters. The number of rotatable bonds is 3. The van der Waals surface area contributed by atoms with Gasteiger partial charge in [0.2, 0.25) is 5.88 Å². The van der Waals surface area contributed by atoms with Gasteiger partial charge in [-0.1, -0.05) is 28.1 Å². The fourth-order valence-electron chi connectivity index (χ4n) is 0.792. The highest BCUT2D eigenvalue weighted by Crippen LogP contribution is 2.07. The number of pyridine rings is 1. The van der Waals surface area contributed by atoms with E-state index in [9.17, 15) is 0 Å². The normalized spacial score (nSPS) is 10.5. The number of nitrogens with zero attached hydrogens (tertiary/aromatic N) is 1. The average Bonchev–Trinajstić information content (AvgIpc) is 2.15. The molecule has 0 aliphatic rings. The number of alkyl halides is 1. The molecule has 64 valence electrons. The third kappa shape index (κ3) is 2.66. The van der Waals surface area contributed by atoms with Crippen LogP contribution >= 0.6 is 15.9 Å². The van der Waals surface area contributed by atoms with Gasteiger partial charge in [-0.15, -0.1) is 0 Å². The lowest BCUT2D eigenvalue weighted by Crippen LogP contribution is -1.86. The third-order valence-corrected chi connectivity index (χ3v) is 1.74. The van der Waals surface area contributed by atoms with Gasteiger partial charge in [-0.3, -0.25) is 0 Å². The summed E-state index contributed by atoms with van der Waals surface area (Å²) in [5.74, 6) is 0.644. The van der Waals surface area contributed by atoms with Crippen LogP contribution in [0.3, 0.4) is 0 Å². The number of allylic oxidation sites excluding steroid dienone is 1. The summed E-state index contributed by atoms with van der Waals surface area (Å²) >= 11 is 3.30. The average molecular weight is 228 g/mol. The monoisotopic (exact) mass is 227 g/mol. The standard InChI is InChI=1S/C9H10BrNO/c1-12-9-5-4-8(7-11-9)3-2-6-10/h2-5,7H,6H2,1H3. The van der Waals surface area contributed by atoms with E-state index in [4.69, 9.17) is 4.74 Å². The first-order valence-electron chi connectivity index (χ1n) is 3.59. The molecule has 1 rings (SSSR count). The first kappa shape index (κ1) is 9.26. The molecule has 1 aromatic rings. The van der Waals surface area contributed by atoms with Crippen molar-refractivity contribution in [3.63, 3.8) is 0 Å². The van der Waals surface area contributed by atoms with E-state index in [1.807, 2.05) is 24.3 Å². The van der Waals surface area contributed by atoms with E-state index < -0.39 is 0 Å². The van der Waals surface area contributed by atoms with Crippen molar-refractivity contribution in [2.45, 2.75) is 0 Å². The molecule has 1 aromatic heterocycles. The Morgan fingerprint density at radius 1 is 1.58 bits per heavy atom. The Labute approximate surface area is 80.4 Å². The van der Waals surface area contributed by atoms with E-state index in [2.05, 4.69) is 20.9 Å². The molecule has 0 aliphatic heterocycles. The van der Waals surface area contributed by atoms with Crippen LogP contribution in [-0.4, -0.2) is 17.4 Å². The van der Waals surface area contributed by atoms with Gasteiger partial charge in [0.15, 0.2) is 0 Å². The van der Waals surface area contributed by atoms with E-state index in [-0.39, 0.29) is 0 Å². The van der Waals surface area contributed by atoms with Gasteiger partial charge in [-0.25, -0.2) is 4.98 Å². The second-order valence-electron chi connectivity index (χ2n) is 2.19. The van der Waals surface area contributed by atoms with Crippen LogP contribution < -0.4 is 4.74 Å². The van der Waals surface area contributed by atoms with Crippen LogP contribution in [0.4, 0.5) is 0 Å². The Bertz CT molecular complexity index is 256. The molecular formula is C9H10BrNO. The van der Waals surface area contributed by atoms with E-state index >= 15 is 0 Å². The van der Waals surface area contributed by atoms with Gasteiger partial charge in [-0.2, -0.15) is 0 Å². The highest BCUT2D eigenvalue weighted by Gasteiger charge is 1.90. The maximum atomic E-state index is 4.93. The predicted octanol–water partition coefficient (Wildman–Crippen LogP) is 2.50. The SMILES string of the molecule is COc1ccc(C=CCBr)cn1. The predicted molar refractivity (Wildman–Crippen MR) is 53.6 cm³/mol. The summed E-state index contributed by atoms with van der Waals surface area (Å²) in [6.07, 6.45) is 5.79. The van der Waals surface area contributed by atoms with Gasteiger partial charge in [-0.05, 0) is 11.6 Å². The van der Waals surface area contributed by atoms with E-state index in [0.29, 0.717) is 5.88 Å². The molecular weight excluding hydrogens is 218 g/mol. The van der Waals surface area contributed by atoms with Crippen molar-refractivity contribution in [2.24, 2.45) is 0 Å². The molecule has 1 heterocycles. The molecule has 0 aromatic carbocycles. The van der Waals surface area contributed by atoms with Crippen LogP contribution in [-0.2, 0) is 0 Å². The first-order chi connectivity index (χ1) is 5.86. The number of ether oxygens (including phenoxy) is 1. The van der Waals surface area contributed by atoms with Crippen molar-refractivity contribution in [3.05, 3.63) is 30.0 Å². The van der Waals surface area contributed by atoms with Gasteiger partial charge in [0, 0.05) is 17.6 Å². The number of aromatic nitrogens is 1. The van der Waals surface area contributed by atoms with Crippen molar-refractivity contribution in [1.29, 1.82) is 0 Å². The molecule has 0 saturated carbocycles. The number of hydrogen-bond donors (Lipinski definition) is 0. The third-order valence-electron chi connectivity index (χ3n) is 1.37. The van der Waals surface area contributed by atoms with Crippen molar-refractivity contribution in [2.75, 3.05) is 12.4 Å². The summed E-state index contributed by atoms with van der Waals surface area (Å²) in [5.41, 5.74) is 1.08. The number of hydrogen-bond acceptors (Lipinski definition) is 2. The Hall–Kier alpha value is -0.830. The van der Waals surface area contributed by atoms with E-state index in [1.165, 1.54) is 0 Å². The lowest BCUT2D eigenvalue weighted by molar-refractivity contribution is 0.398. The van der Waals surface area contributed by atoms with Gasteiger partial charge in [0.1, 0.15) is 0 Å². The summed E-state index contributed by atoms with van der Waals surface area (Å²) in [5, 5.41) is 0.860. The molecule has 0 unspecified atom stereocenters. The summed E-state index contributed by atoms with van der Waals surface area (Å²) in [7, 11) is 1.61. The lowest BCUT2D eigenvalue weighted by Gasteiger charge is -1.97. The minimum atomic E-state index is 0.644. The van der Waals surface area contributed by atoms with Crippen molar-refractivity contribution < 1.29 is 4.74 Å². The topological polar surface area (TPSA) is 22.1 Å². The van der Waals surface area contributed by atoms with Crippen molar-refractivity contribution in [3.8, 4) is 5.88 Å². The molecule has 0 aliphatic carbocycles. The maximum absolute atomic E-state index is 4.93. The van der Waals surface area contributed by atoms with Crippen LogP contribution in [0, 0.1) is 0 Å². The van der Waals surface area contributed by atoms with Crippen LogP contribution in [0.2, 0.25) is 0 Å². The van der Waals surface area contributed by atoms with Crippen molar-refractivity contribution >= 4 is 22.0 Å². The Morgan fingerprint density at radius 3 is 2.92 bits per heavy atom. The van der Waals surface area contributed by atoms with E-state index in [0.717, 1.165) is 10.9 Å². The number of methoxy groups -OCH3 is 1. The zero-order chi connectivity index (χ0) is 8.81. The maximum Gasteiger partial charge on any atom is 0.212 e. The quantitative estimate of drug-likeness (QED) is 0.741. The molecule has 3 heteroatoms. The van der Waals surface area contributed by atoms with Crippen LogP contribution in [0.15, 0.2) is 24.4 Å². The fraction of sp³-hybridized carbons (Fsp3) is 0.222. The van der Waals surface area contributed by atoms with Crippen molar-refractivity contribution in [1.82, 2.24) is 4.98 Å². The summed E-state index contributed by atoms with van der Waals surface area (Å²) in [6.45, 7) is 0. The minimum Gasteiger partial charge on any atom is -0.481 e. The number of halogens is 1. The van der Waals surface area contributed by atoms with Gasteiger partial charge in [0.25, 0.3) is 0 Å². The molecule has 0 fully saturated rings. The zero-order valence-corrected chi connectivity index (χ0v) is 8.41. The zero-order valence-electron chi connectivity index (χ0n) is 6.83. The summed E-state index contributed by atoms with van der Waals surface area (Å²) < 4.78 is 4.93. The first-order valence-corrected chi connectivity index (χ1v) is 4.71. The van der Waals surface area contributed by atoms with Crippen LogP contribution in [0.5, 0.6) is 5.88 Å². The second-order valence-corrected chi connectivity index (χ2v) is 2.84. The molecule has 0 bridgehead atoms. The van der Waals surface area contributed by atoms with Gasteiger partial charge >= 0.3 is 0 Å². The molecule has 0 amide bonds.